The lowest BCUT2D eigenvalue weighted by molar-refractivity contribution is -0.141. The van der Waals surface area contributed by atoms with Crippen molar-refractivity contribution >= 4 is 0 Å². The monoisotopic (exact) mass is 271 g/mol. The fourth-order valence-electron chi connectivity index (χ4n) is 4.11. The van der Waals surface area contributed by atoms with Crippen LogP contribution in [-0.2, 0) is 9.47 Å². The average molecular weight is 271 g/mol. The van der Waals surface area contributed by atoms with Crippen molar-refractivity contribution in [3.05, 3.63) is 0 Å². The molecule has 3 aliphatic heterocycles. The Balaban J connectivity index is 1.71. The minimum absolute atomic E-state index is 0.0383. The SMILES string of the molecule is CC(C)(C)C12CCCN1C(COC1COC1)C(F)C2. The molecule has 3 nitrogen and oxygen atoms in total. The highest BCUT2D eigenvalue weighted by Gasteiger charge is 2.59. The van der Waals surface area contributed by atoms with Gasteiger partial charge in [0, 0.05) is 5.54 Å². The minimum atomic E-state index is -0.750. The van der Waals surface area contributed by atoms with E-state index in [4.69, 9.17) is 9.47 Å². The zero-order chi connectivity index (χ0) is 13.7. The van der Waals surface area contributed by atoms with E-state index < -0.39 is 6.17 Å². The van der Waals surface area contributed by atoms with Crippen molar-refractivity contribution in [1.29, 1.82) is 0 Å². The van der Waals surface area contributed by atoms with Gasteiger partial charge in [0.15, 0.2) is 0 Å². The Morgan fingerprint density at radius 1 is 1.37 bits per heavy atom. The topological polar surface area (TPSA) is 21.7 Å². The van der Waals surface area contributed by atoms with Crippen LogP contribution in [0.15, 0.2) is 0 Å². The smallest absolute Gasteiger partial charge is 0.120 e. The molecule has 3 unspecified atom stereocenters. The van der Waals surface area contributed by atoms with Crippen LogP contribution in [0.3, 0.4) is 0 Å². The van der Waals surface area contributed by atoms with Gasteiger partial charge in [0.1, 0.15) is 12.3 Å². The molecule has 3 fully saturated rings. The van der Waals surface area contributed by atoms with Crippen molar-refractivity contribution in [2.45, 2.75) is 63.9 Å². The van der Waals surface area contributed by atoms with Gasteiger partial charge in [-0.1, -0.05) is 20.8 Å². The van der Waals surface area contributed by atoms with E-state index in [0.717, 1.165) is 13.0 Å². The molecule has 110 valence electrons. The summed E-state index contributed by atoms with van der Waals surface area (Å²) in [5, 5.41) is 0. The standard InChI is InChI=1S/C15H26FNO2/c1-14(2,3)15-5-4-6-17(15)13(12(16)7-15)10-19-11-8-18-9-11/h11-13H,4-10H2,1-3H3. The minimum Gasteiger partial charge on any atom is -0.376 e. The lowest BCUT2D eigenvalue weighted by atomic mass is 9.71. The second-order valence-electron chi connectivity index (χ2n) is 7.36. The maximum absolute atomic E-state index is 14.5. The molecule has 3 heterocycles. The van der Waals surface area contributed by atoms with E-state index in [1.54, 1.807) is 0 Å². The maximum Gasteiger partial charge on any atom is 0.120 e. The summed E-state index contributed by atoms with van der Waals surface area (Å²) in [6.07, 6.45) is 2.43. The summed E-state index contributed by atoms with van der Waals surface area (Å²) in [6.45, 7) is 9.64. The molecule has 0 N–H and O–H groups in total. The van der Waals surface area contributed by atoms with Gasteiger partial charge in [-0.05, 0) is 31.2 Å². The molecular weight excluding hydrogens is 245 g/mol. The lowest BCUT2D eigenvalue weighted by Gasteiger charge is -2.45. The summed E-state index contributed by atoms with van der Waals surface area (Å²) in [7, 11) is 0. The van der Waals surface area contributed by atoms with Gasteiger partial charge in [-0.2, -0.15) is 0 Å². The zero-order valence-corrected chi connectivity index (χ0v) is 12.3. The van der Waals surface area contributed by atoms with Crippen LogP contribution in [-0.4, -0.2) is 55.1 Å². The largest absolute Gasteiger partial charge is 0.376 e. The first-order valence-electron chi connectivity index (χ1n) is 7.54. The van der Waals surface area contributed by atoms with Crippen LogP contribution in [0.5, 0.6) is 0 Å². The molecule has 0 aromatic heterocycles. The molecule has 0 bridgehead atoms. The third-order valence-corrected chi connectivity index (χ3v) is 5.40. The second-order valence-corrected chi connectivity index (χ2v) is 7.36. The second kappa shape index (κ2) is 4.68. The van der Waals surface area contributed by atoms with Gasteiger partial charge in [0.2, 0.25) is 0 Å². The fraction of sp³-hybridized carbons (Fsp3) is 1.00. The molecule has 0 radical (unpaired) electrons. The molecule has 0 aliphatic carbocycles. The van der Waals surface area contributed by atoms with Gasteiger partial charge in [-0.15, -0.1) is 0 Å². The molecule has 3 aliphatic rings. The average Bonchev–Trinajstić information content (AvgIpc) is 2.74. The molecule has 0 aromatic rings. The Morgan fingerprint density at radius 2 is 2.11 bits per heavy atom. The molecule has 0 amide bonds. The summed E-state index contributed by atoms with van der Waals surface area (Å²) >= 11 is 0. The third-order valence-electron chi connectivity index (χ3n) is 5.40. The number of hydrogen-bond acceptors (Lipinski definition) is 3. The van der Waals surface area contributed by atoms with Gasteiger partial charge in [0.25, 0.3) is 0 Å². The maximum atomic E-state index is 14.5. The molecule has 0 aromatic carbocycles. The van der Waals surface area contributed by atoms with Gasteiger partial charge in [-0.25, -0.2) is 4.39 Å². The summed E-state index contributed by atoms with van der Waals surface area (Å²) in [4.78, 5) is 2.41. The van der Waals surface area contributed by atoms with Crippen molar-refractivity contribution in [2.24, 2.45) is 5.41 Å². The first kappa shape index (κ1) is 13.8. The van der Waals surface area contributed by atoms with Crippen molar-refractivity contribution < 1.29 is 13.9 Å². The highest BCUT2D eigenvalue weighted by Crippen LogP contribution is 2.53. The van der Waals surface area contributed by atoms with E-state index in [2.05, 4.69) is 25.7 Å². The summed E-state index contributed by atoms with van der Waals surface area (Å²) in [5.41, 5.74) is 0.165. The summed E-state index contributed by atoms with van der Waals surface area (Å²) in [5.74, 6) is 0. The van der Waals surface area contributed by atoms with Crippen LogP contribution in [0.1, 0.15) is 40.0 Å². The van der Waals surface area contributed by atoms with Gasteiger partial charge < -0.3 is 9.47 Å². The van der Waals surface area contributed by atoms with E-state index in [1.165, 1.54) is 6.42 Å². The predicted molar refractivity (Wildman–Crippen MR) is 72.0 cm³/mol. The van der Waals surface area contributed by atoms with Crippen molar-refractivity contribution in [3.8, 4) is 0 Å². The molecule has 0 spiro atoms. The Kier molecular flexibility index (Phi) is 3.39. The van der Waals surface area contributed by atoms with E-state index >= 15 is 0 Å². The van der Waals surface area contributed by atoms with Gasteiger partial charge in [-0.3, -0.25) is 4.90 Å². The fourth-order valence-corrected chi connectivity index (χ4v) is 4.11. The third kappa shape index (κ3) is 2.12. The number of nitrogens with zero attached hydrogens (tertiary/aromatic N) is 1. The highest BCUT2D eigenvalue weighted by molar-refractivity contribution is 5.13. The number of rotatable bonds is 3. The Labute approximate surface area is 115 Å². The number of halogens is 1. The van der Waals surface area contributed by atoms with Crippen molar-refractivity contribution in [3.63, 3.8) is 0 Å². The number of hydrogen-bond donors (Lipinski definition) is 0. The highest BCUT2D eigenvalue weighted by atomic mass is 19.1. The predicted octanol–water partition coefficient (Wildman–Crippen LogP) is 2.39. The first-order chi connectivity index (χ1) is 8.94. The first-order valence-corrected chi connectivity index (χ1v) is 7.54. The Morgan fingerprint density at radius 3 is 2.68 bits per heavy atom. The zero-order valence-electron chi connectivity index (χ0n) is 12.3. The Hall–Kier alpha value is -0.190. The van der Waals surface area contributed by atoms with Gasteiger partial charge in [0.05, 0.1) is 25.9 Å². The van der Waals surface area contributed by atoms with E-state index in [0.29, 0.717) is 26.2 Å². The number of ether oxygens (including phenoxy) is 2. The normalized spacial score (nSPS) is 40.4. The molecule has 3 saturated heterocycles. The number of fused-ring (bicyclic) bond motifs is 1. The van der Waals surface area contributed by atoms with Gasteiger partial charge >= 0.3 is 0 Å². The summed E-state index contributed by atoms with van der Waals surface area (Å²) in [6, 6.07) is -0.0534. The van der Waals surface area contributed by atoms with Crippen LogP contribution in [0.2, 0.25) is 0 Å². The lowest BCUT2D eigenvalue weighted by Crippen LogP contribution is -2.52. The van der Waals surface area contributed by atoms with E-state index in [9.17, 15) is 4.39 Å². The molecule has 0 saturated carbocycles. The quantitative estimate of drug-likeness (QED) is 0.787. The molecule has 19 heavy (non-hydrogen) atoms. The van der Waals surface area contributed by atoms with Crippen molar-refractivity contribution in [1.82, 2.24) is 4.90 Å². The summed E-state index contributed by atoms with van der Waals surface area (Å²) < 4.78 is 25.4. The molecule has 3 atom stereocenters. The molecule has 4 heteroatoms. The van der Waals surface area contributed by atoms with E-state index in [1.807, 2.05) is 0 Å². The Bertz CT molecular complexity index is 340. The van der Waals surface area contributed by atoms with Crippen LogP contribution in [0, 0.1) is 5.41 Å². The van der Waals surface area contributed by atoms with Crippen LogP contribution < -0.4 is 0 Å². The van der Waals surface area contributed by atoms with Crippen molar-refractivity contribution in [2.75, 3.05) is 26.4 Å². The number of alkyl halides is 1. The molecule has 3 rings (SSSR count). The van der Waals surface area contributed by atoms with Crippen LogP contribution >= 0.6 is 0 Å². The van der Waals surface area contributed by atoms with Crippen LogP contribution in [0.4, 0.5) is 4.39 Å². The van der Waals surface area contributed by atoms with E-state index in [-0.39, 0.29) is 23.1 Å². The molecular formula is C15H26FNO2. The van der Waals surface area contributed by atoms with Crippen LogP contribution in [0.25, 0.3) is 0 Å².